The zero-order valence-electron chi connectivity index (χ0n) is 19.2. The fourth-order valence-electron chi connectivity index (χ4n) is 5.90. The van der Waals surface area contributed by atoms with E-state index in [1.165, 1.54) is 43.4 Å². The van der Waals surface area contributed by atoms with Crippen LogP contribution in [0, 0.1) is 17.3 Å². The van der Waals surface area contributed by atoms with Gasteiger partial charge in [-0.05, 0) is 100 Å². The summed E-state index contributed by atoms with van der Waals surface area (Å²) in [6, 6.07) is 2.61. The average Bonchev–Trinajstić information content (AvgIpc) is 3.19. The number of thiophene rings is 1. The molecule has 3 fully saturated rings. The largest absolute Gasteiger partial charge is 0.393 e. The van der Waals surface area contributed by atoms with Crippen LogP contribution in [0.3, 0.4) is 0 Å². The van der Waals surface area contributed by atoms with E-state index >= 15 is 0 Å². The Bertz CT molecular complexity index is 700. The summed E-state index contributed by atoms with van der Waals surface area (Å²) in [6.07, 6.45) is 12.9. The normalized spacial score (nSPS) is 32.7. The average molecular weight is 432 g/mol. The molecule has 3 aliphatic carbocycles. The van der Waals surface area contributed by atoms with Gasteiger partial charge in [0.25, 0.3) is 0 Å². The van der Waals surface area contributed by atoms with Gasteiger partial charge >= 0.3 is 0 Å². The summed E-state index contributed by atoms with van der Waals surface area (Å²) in [5, 5.41) is 12.3. The number of carbonyl (C=O) groups is 1. The third-order valence-electron chi connectivity index (χ3n) is 8.26. The van der Waals surface area contributed by atoms with Gasteiger partial charge in [-0.2, -0.15) is 0 Å². The van der Waals surface area contributed by atoms with Crippen molar-refractivity contribution in [2.24, 2.45) is 17.3 Å². The van der Waals surface area contributed by atoms with Crippen molar-refractivity contribution in [2.45, 2.75) is 116 Å². The Morgan fingerprint density at radius 1 is 1.00 bits per heavy atom. The molecule has 3 nitrogen and oxygen atoms in total. The number of hydrogen-bond acceptors (Lipinski definition) is 3. The predicted molar refractivity (Wildman–Crippen MR) is 126 cm³/mol. The molecule has 0 aliphatic heterocycles. The van der Waals surface area contributed by atoms with E-state index in [9.17, 15) is 9.90 Å². The van der Waals surface area contributed by atoms with Crippen LogP contribution in [0.15, 0.2) is 11.4 Å². The first-order valence-corrected chi connectivity index (χ1v) is 13.3. The van der Waals surface area contributed by atoms with Gasteiger partial charge in [0.2, 0.25) is 5.91 Å². The Morgan fingerprint density at radius 3 is 2.27 bits per heavy atom. The van der Waals surface area contributed by atoms with Gasteiger partial charge in [0.15, 0.2) is 0 Å². The lowest BCUT2D eigenvalue weighted by Gasteiger charge is -2.38. The SMILES string of the molecule is CC1CCC(C(=O)N(c2csc(C3CCC(C)(C)CC3)c2)C2CCC(O)CC2)CC1. The maximum atomic E-state index is 13.7. The van der Waals surface area contributed by atoms with Crippen molar-refractivity contribution in [2.75, 3.05) is 4.90 Å². The number of rotatable bonds is 4. The minimum absolute atomic E-state index is 0.183. The molecule has 1 amide bonds. The van der Waals surface area contributed by atoms with Crippen molar-refractivity contribution >= 4 is 22.9 Å². The first-order valence-electron chi connectivity index (χ1n) is 12.4. The number of aliphatic hydroxyl groups excluding tert-OH is 1. The number of aliphatic hydroxyl groups is 1. The quantitative estimate of drug-likeness (QED) is 0.563. The molecule has 0 saturated heterocycles. The van der Waals surface area contributed by atoms with E-state index in [0.717, 1.165) is 50.1 Å². The third-order valence-corrected chi connectivity index (χ3v) is 9.34. The van der Waals surface area contributed by atoms with Gasteiger partial charge in [-0.3, -0.25) is 4.79 Å². The molecule has 0 aromatic carbocycles. The first-order chi connectivity index (χ1) is 14.3. The lowest BCUT2D eigenvalue weighted by atomic mass is 9.73. The molecule has 0 radical (unpaired) electrons. The standard InChI is InChI=1S/C26H41NO2S/c1-18-4-6-20(7-5-18)25(29)27(21-8-10-23(28)11-9-21)22-16-24(30-17-22)19-12-14-26(2,3)15-13-19/h16-21,23,28H,4-15H2,1-3H3. The first kappa shape index (κ1) is 22.3. The van der Waals surface area contributed by atoms with Gasteiger partial charge in [0, 0.05) is 22.2 Å². The van der Waals surface area contributed by atoms with E-state index in [1.807, 2.05) is 11.3 Å². The van der Waals surface area contributed by atoms with E-state index < -0.39 is 0 Å². The second kappa shape index (κ2) is 9.32. The van der Waals surface area contributed by atoms with Gasteiger partial charge < -0.3 is 10.0 Å². The van der Waals surface area contributed by atoms with Crippen LogP contribution in [0.5, 0.6) is 0 Å². The maximum absolute atomic E-state index is 13.7. The zero-order valence-corrected chi connectivity index (χ0v) is 20.1. The minimum atomic E-state index is -0.183. The van der Waals surface area contributed by atoms with E-state index in [0.29, 0.717) is 17.2 Å². The molecule has 1 heterocycles. The molecule has 3 saturated carbocycles. The number of nitrogens with zero attached hydrogens (tertiary/aromatic N) is 1. The summed E-state index contributed by atoms with van der Waals surface area (Å²) in [5.74, 6) is 1.97. The smallest absolute Gasteiger partial charge is 0.230 e. The van der Waals surface area contributed by atoms with Crippen LogP contribution in [0.1, 0.15) is 109 Å². The van der Waals surface area contributed by atoms with Crippen LogP contribution >= 0.6 is 11.3 Å². The van der Waals surface area contributed by atoms with Crippen LogP contribution in [0.25, 0.3) is 0 Å². The van der Waals surface area contributed by atoms with Gasteiger partial charge in [-0.1, -0.05) is 20.8 Å². The number of anilines is 1. The molecule has 1 aromatic rings. The second-order valence-electron chi connectivity index (χ2n) is 11.3. The van der Waals surface area contributed by atoms with E-state index in [-0.39, 0.29) is 18.1 Å². The predicted octanol–water partition coefficient (Wildman–Crippen LogP) is 6.89. The summed E-state index contributed by atoms with van der Waals surface area (Å²) < 4.78 is 0. The van der Waals surface area contributed by atoms with Crippen LogP contribution in [-0.4, -0.2) is 23.2 Å². The highest BCUT2D eigenvalue weighted by Crippen LogP contribution is 2.45. The third kappa shape index (κ3) is 5.12. The molecule has 0 spiro atoms. The lowest BCUT2D eigenvalue weighted by molar-refractivity contribution is -0.124. The summed E-state index contributed by atoms with van der Waals surface area (Å²) in [6.45, 7) is 7.11. The summed E-state index contributed by atoms with van der Waals surface area (Å²) in [5.41, 5.74) is 1.63. The summed E-state index contributed by atoms with van der Waals surface area (Å²) in [7, 11) is 0. The molecule has 168 valence electrons. The molecule has 30 heavy (non-hydrogen) atoms. The van der Waals surface area contributed by atoms with Crippen molar-refractivity contribution in [1.82, 2.24) is 0 Å². The Hall–Kier alpha value is -0.870. The molecule has 0 atom stereocenters. The molecule has 3 aliphatic rings. The zero-order chi connectivity index (χ0) is 21.3. The minimum Gasteiger partial charge on any atom is -0.393 e. The molecular weight excluding hydrogens is 390 g/mol. The van der Waals surface area contributed by atoms with Crippen molar-refractivity contribution in [3.63, 3.8) is 0 Å². The molecule has 0 unspecified atom stereocenters. The van der Waals surface area contributed by atoms with E-state index in [1.54, 1.807) is 0 Å². The van der Waals surface area contributed by atoms with Crippen molar-refractivity contribution < 1.29 is 9.90 Å². The monoisotopic (exact) mass is 431 g/mol. The Balaban J connectivity index is 1.52. The number of hydrogen-bond donors (Lipinski definition) is 1. The number of amides is 1. The Morgan fingerprint density at radius 2 is 1.63 bits per heavy atom. The van der Waals surface area contributed by atoms with Crippen molar-refractivity contribution in [1.29, 1.82) is 0 Å². The molecule has 1 N–H and O–H groups in total. The summed E-state index contributed by atoms with van der Waals surface area (Å²) >= 11 is 1.87. The van der Waals surface area contributed by atoms with Crippen LogP contribution in [-0.2, 0) is 4.79 Å². The second-order valence-corrected chi connectivity index (χ2v) is 12.2. The maximum Gasteiger partial charge on any atom is 0.230 e. The van der Waals surface area contributed by atoms with Crippen LogP contribution in [0.4, 0.5) is 5.69 Å². The van der Waals surface area contributed by atoms with Gasteiger partial charge in [-0.15, -0.1) is 11.3 Å². The highest BCUT2D eigenvalue weighted by molar-refractivity contribution is 7.10. The lowest BCUT2D eigenvalue weighted by Crippen LogP contribution is -2.46. The fourth-order valence-corrected chi connectivity index (χ4v) is 6.96. The molecule has 0 bridgehead atoms. The van der Waals surface area contributed by atoms with E-state index in [2.05, 4.69) is 37.1 Å². The van der Waals surface area contributed by atoms with Crippen LogP contribution in [0.2, 0.25) is 0 Å². The summed E-state index contributed by atoms with van der Waals surface area (Å²) in [4.78, 5) is 17.4. The highest BCUT2D eigenvalue weighted by atomic mass is 32.1. The van der Waals surface area contributed by atoms with Crippen LogP contribution < -0.4 is 4.90 Å². The van der Waals surface area contributed by atoms with Gasteiger partial charge in [0.05, 0.1) is 11.8 Å². The molecular formula is C26H41NO2S. The number of carbonyl (C=O) groups excluding carboxylic acids is 1. The molecule has 4 rings (SSSR count). The van der Waals surface area contributed by atoms with Crippen molar-refractivity contribution in [3.05, 3.63) is 16.3 Å². The van der Waals surface area contributed by atoms with Gasteiger partial charge in [0.1, 0.15) is 0 Å². The Kier molecular flexibility index (Phi) is 6.94. The Labute approximate surface area is 187 Å². The van der Waals surface area contributed by atoms with Gasteiger partial charge in [-0.25, -0.2) is 0 Å². The van der Waals surface area contributed by atoms with E-state index in [4.69, 9.17) is 0 Å². The molecule has 4 heteroatoms. The topological polar surface area (TPSA) is 40.5 Å². The fraction of sp³-hybridized carbons (Fsp3) is 0.808. The molecule has 1 aromatic heterocycles. The van der Waals surface area contributed by atoms with Crippen molar-refractivity contribution in [3.8, 4) is 0 Å². The highest BCUT2D eigenvalue weighted by Gasteiger charge is 2.36.